The average Bonchev–Trinajstić information content (AvgIpc) is 2.16. The third-order valence-electron chi connectivity index (χ3n) is 0. The summed E-state index contributed by atoms with van der Waals surface area (Å²) in [5, 5.41) is 0. The Bertz CT molecular complexity index is 1050. The van der Waals surface area contributed by atoms with E-state index in [1.807, 2.05) is 0 Å². The fourth-order valence-corrected chi connectivity index (χ4v) is 0. The van der Waals surface area contributed by atoms with Crippen LogP contribution >= 0.6 is 0 Å². The lowest BCUT2D eigenvalue weighted by molar-refractivity contribution is 0.378. The van der Waals surface area contributed by atoms with Crippen LogP contribution in [0.2, 0.25) is 0 Å². The van der Waals surface area contributed by atoms with Gasteiger partial charge in [0.1, 0.15) is 0 Å². The lowest BCUT2D eigenvalue weighted by atomic mass is 15.8. The molecule has 40 heteroatoms. The highest BCUT2D eigenvalue weighted by atomic mass is 32.3. The van der Waals surface area contributed by atoms with Crippen LogP contribution in [-0.4, -0.2) is 140 Å². The van der Waals surface area contributed by atoms with Crippen molar-refractivity contribution in [3.05, 3.63) is 0 Å². The Hall–Kier alpha value is -1.04. The second-order valence-corrected chi connectivity index (χ2v) is 10.7. The van der Waals surface area contributed by atoms with Crippen LogP contribution in [0.1, 0.15) is 0 Å². The maximum Gasteiger partial charge on any atom is 0.394 e. The number of rotatable bonds is 0. The zero-order valence-corrected chi connectivity index (χ0v) is 23.5. The number of hydrogen-bond acceptors (Lipinski definition) is 16. The van der Waals surface area contributed by atoms with Gasteiger partial charge in [-0.25, -0.2) is 0 Å². The van der Waals surface area contributed by atoms with E-state index in [0.29, 0.717) is 0 Å². The topological polar surface area (TPSA) is 597 Å². The van der Waals surface area contributed by atoms with Crippen LogP contribution in [0, 0.1) is 0 Å². The van der Waals surface area contributed by atoms with Gasteiger partial charge in [0.15, 0.2) is 0 Å². The van der Waals surface area contributed by atoms with Crippen molar-refractivity contribution in [3.63, 3.8) is 0 Å². The summed E-state index contributed by atoms with van der Waals surface area (Å²) in [5.41, 5.74) is 0. The minimum atomic E-state index is -4.67. The lowest BCUT2D eigenvalue weighted by Gasteiger charge is -1.68. The van der Waals surface area contributed by atoms with Crippen LogP contribution in [0.4, 0.5) is 0 Å². The summed E-state index contributed by atoms with van der Waals surface area (Å²) in [6.45, 7) is 0. The lowest BCUT2D eigenvalue weighted by Crippen LogP contribution is -1.89. The molecule has 0 atom stereocenters. The summed E-state index contributed by atoms with van der Waals surface area (Å²) in [5.74, 6) is 0. The number of hydrogen-bond donors (Lipinski definition) is 16. The van der Waals surface area contributed by atoms with Crippen LogP contribution < -0.4 is 0 Å². The molecule has 0 unspecified atom stereocenters. The van der Waals surface area contributed by atoms with Crippen LogP contribution in [0.5, 0.6) is 0 Å². The van der Waals surface area contributed by atoms with E-state index in [9.17, 15) is 0 Å². The van der Waals surface area contributed by atoms with E-state index in [0.717, 1.165) is 0 Å². The Labute approximate surface area is 222 Å². The second kappa shape index (κ2) is 23.5. The Morgan fingerprint density at radius 2 is 0.150 bits per heavy atom. The first-order valence-corrected chi connectivity index (χ1v) is 16.8. The van der Waals surface area contributed by atoms with Crippen molar-refractivity contribution in [2.24, 2.45) is 0 Å². The summed E-state index contributed by atoms with van der Waals surface area (Å²) in [6.07, 6.45) is 0. The van der Waals surface area contributed by atoms with Gasteiger partial charge < -0.3 is 0 Å². The average molecular weight is 785 g/mol. The maximum absolute atomic E-state index is 8.74. The van der Waals surface area contributed by atoms with Crippen molar-refractivity contribution in [2.75, 3.05) is 0 Å². The fourth-order valence-electron chi connectivity index (χ4n) is 0. The van der Waals surface area contributed by atoms with Crippen molar-refractivity contribution >= 4 is 83.2 Å². The molecule has 0 aliphatic heterocycles. The van der Waals surface area contributed by atoms with E-state index >= 15 is 0 Å². The van der Waals surface area contributed by atoms with Crippen LogP contribution in [-0.2, 0) is 83.2 Å². The highest BCUT2D eigenvalue weighted by Gasteiger charge is 1.87. The first-order valence-electron chi connectivity index (χ1n) is 5.59. The molecule has 0 rings (SSSR count). The van der Waals surface area contributed by atoms with Crippen molar-refractivity contribution in [3.8, 4) is 0 Å². The third kappa shape index (κ3) is 44200. The SMILES string of the molecule is O=S(=O)(O)O.O=S(=O)(O)O.O=S(=O)(O)O.O=S(=O)(O)O.O=S(=O)(O)O.O=S(=O)(O)O.O=S(=O)(O)O.O=S(=O)(O)O. The third-order valence-corrected chi connectivity index (χ3v) is 0. The van der Waals surface area contributed by atoms with Crippen molar-refractivity contribution in [2.45, 2.75) is 0 Å². The second-order valence-electron chi connectivity index (χ2n) is 3.58. The van der Waals surface area contributed by atoms with E-state index in [2.05, 4.69) is 0 Å². The molecule has 0 saturated carbocycles. The molecule has 32 nitrogen and oxygen atoms in total. The molecule has 0 heterocycles. The molecule has 0 aromatic carbocycles. The molecule has 256 valence electrons. The van der Waals surface area contributed by atoms with Crippen LogP contribution in [0.15, 0.2) is 0 Å². The highest BCUT2D eigenvalue weighted by Crippen LogP contribution is 1.62. The zero-order chi connectivity index (χ0) is 36.0. The van der Waals surface area contributed by atoms with Gasteiger partial charge in [-0.3, -0.25) is 72.8 Å². The first kappa shape index (κ1) is 58.6. The molecule has 0 spiro atoms. The minimum absolute atomic E-state index is 4.67. The molecular weight excluding hydrogens is 769 g/mol. The Balaban J connectivity index is -0.0000000488. The highest BCUT2D eigenvalue weighted by molar-refractivity contribution is 7.81. The van der Waals surface area contributed by atoms with Gasteiger partial charge in [0, 0.05) is 0 Å². The van der Waals surface area contributed by atoms with Gasteiger partial charge in [-0.1, -0.05) is 0 Å². The Morgan fingerprint density at radius 3 is 0.150 bits per heavy atom. The van der Waals surface area contributed by atoms with E-state index in [-0.39, 0.29) is 0 Å². The van der Waals surface area contributed by atoms with Gasteiger partial charge in [-0.15, -0.1) is 0 Å². The van der Waals surface area contributed by atoms with E-state index in [1.54, 1.807) is 0 Å². The van der Waals surface area contributed by atoms with Gasteiger partial charge >= 0.3 is 83.2 Å². The van der Waals surface area contributed by atoms with Crippen molar-refractivity contribution in [1.29, 1.82) is 0 Å². The predicted octanol–water partition coefficient (Wildman–Crippen LogP) is -5.22. The quantitative estimate of drug-likeness (QED) is 0.102. The van der Waals surface area contributed by atoms with E-state index in [4.69, 9.17) is 140 Å². The van der Waals surface area contributed by atoms with Gasteiger partial charge in [0.05, 0.1) is 0 Å². The molecule has 0 aliphatic rings. The maximum atomic E-state index is 8.74. The van der Waals surface area contributed by atoms with Crippen LogP contribution in [0.25, 0.3) is 0 Å². The van der Waals surface area contributed by atoms with E-state index < -0.39 is 83.2 Å². The molecule has 0 saturated heterocycles. The molecule has 0 amide bonds. The molecule has 0 aliphatic carbocycles. The Morgan fingerprint density at radius 1 is 0.150 bits per heavy atom. The zero-order valence-electron chi connectivity index (χ0n) is 17.0. The Kier molecular flexibility index (Phi) is 34.4. The summed E-state index contributed by atoms with van der Waals surface area (Å²) < 4.78 is 253. The molecule has 0 fully saturated rings. The molecule has 16 N–H and O–H groups in total. The normalized spacial score (nSPS) is 11.6. The molecule has 0 aromatic heterocycles. The van der Waals surface area contributed by atoms with E-state index in [1.165, 1.54) is 0 Å². The standard InChI is InChI=1S/8H2O4S/c8*1-5(2,3)4/h8*(H2,1,2,3,4). The molecule has 0 bridgehead atoms. The van der Waals surface area contributed by atoms with Gasteiger partial charge in [0.2, 0.25) is 0 Å². The van der Waals surface area contributed by atoms with Gasteiger partial charge in [-0.05, 0) is 0 Å². The van der Waals surface area contributed by atoms with Crippen molar-refractivity contribution < 1.29 is 140 Å². The molecular formula is H16O32S8. The summed E-state index contributed by atoms with van der Waals surface area (Å²) in [4.78, 5) is 0. The summed E-state index contributed by atoms with van der Waals surface area (Å²) in [7, 11) is -37.3. The van der Waals surface area contributed by atoms with Gasteiger partial charge in [0.25, 0.3) is 0 Å². The first-order chi connectivity index (χ1) is 16.0. The largest absolute Gasteiger partial charge is 0.394 e. The molecule has 40 heavy (non-hydrogen) atoms. The predicted molar refractivity (Wildman–Crippen MR) is 113 cm³/mol. The van der Waals surface area contributed by atoms with Crippen LogP contribution in [0.3, 0.4) is 0 Å². The van der Waals surface area contributed by atoms with Gasteiger partial charge in [-0.2, -0.15) is 67.3 Å². The monoisotopic (exact) mass is 784 g/mol. The minimum Gasteiger partial charge on any atom is -0.264 e. The molecule has 0 aromatic rings. The smallest absolute Gasteiger partial charge is 0.264 e. The fraction of sp³-hybridized carbons (Fsp3) is 0. The summed E-state index contributed by atoms with van der Waals surface area (Å²) in [6, 6.07) is 0. The molecule has 0 radical (unpaired) electrons. The van der Waals surface area contributed by atoms with Crippen molar-refractivity contribution in [1.82, 2.24) is 0 Å². The summed E-state index contributed by atoms with van der Waals surface area (Å²) >= 11 is 0.